The maximum atomic E-state index is 13.6. The minimum absolute atomic E-state index is 0.0108. The maximum Gasteiger partial charge on any atom is 0.144 e. The molecule has 0 fully saturated rings. The van der Waals surface area contributed by atoms with Gasteiger partial charge in [-0.1, -0.05) is 45.4 Å². The molecule has 2 N–H and O–H groups in total. The van der Waals surface area contributed by atoms with Gasteiger partial charge in [0.2, 0.25) is 0 Å². The van der Waals surface area contributed by atoms with Crippen LogP contribution in [0.1, 0.15) is 51.9 Å². The Morgan fingerprint density at radius 1 is 1.00 bits per heavy atom. The summed E-state index contributed by atoms with van der Waals surface area (Å²) >= 11 is 0. The number of anilines is 1. The van der Waals surface area contributed by atoms with Crippen LogP contribution >= 0.6 is 0 Å². The summed E-state index contributed by atoms with van der Waals surface area (Å²) in [4.78, 5) is -0.342. The number of rotatable bonds is 9. The second kappa shape index (κ2) is 9.06. The van der Waals surface area contributed by atoms with Gasteiger partial charge in [-0.2, -0.15) is 0 Å². The van der Waals surface area contributed by atoms with Crippen LogP contribution in [0.4, 0.5) is 14.5 Å². The van der Waals surface area contributed by atoms with E-state index in [0.717, 1.165) is 31.4 Å². The number of nitrogen functional groups attached to an aromatic ring is 1. The fourth-order valence-electron chi connectivity index (χ4n) is 2.09. The minimum atomic E-state index is -1.63. The number of halogens is 2. The molecule has 20 heavy (non-hydrogen) atoms. The van der Waals surface area contributed by atoms with Crippen molar-refractivity contribution in [3.63, 3.8) is 0 Å². The van der Waals surface area contributed by atoms with Crippen molar-refractivity contribution in [1.29, 1.82) is 0 Å². The summed E-state index contributed by atoms with van der Waals surface area (Å²) in [5, 5.41) is 0. The van der Waals surface area contributed by atoms with Gasteiger partial charge in [0.05, 0.1) is 10.8 Å². The van der Waals surface area contributed by atoms with Crippen LogP contribution in [0, 0.1) is 11.6 Å². The van der Waals surface area contributed by atoms with E-state index < -0.39 is 22.4 Å². The monoisotopic (exact) mass is 303 g/mol. The Hall–Kier alpha value is -0.970. The predicted molar refractivity (Wildman–Crippen MR) is 80.0 cm³/mol. The molecule has 1 rings (SSSR count). The number of benzene rings is 1. The third-order valence-electron chi connectivity index (χ3n) is 3.18. The molecule has 0 aliphatic rings. The van der Waals surface area contributed by atoms with Crippen molar-refractivity contribution in [2.45, 2.75) is 56.8 Å². The van der Waals surface area contributed by atoms with Crippen LogP contribution in [0.2, 0.25) is 0 Å². The van der Waals surface area contributed by atoms with Gasteiger partial charge in [-0.25, -0.2) is 8.78 Å². The summed E-state index contributed by atoms with van der Waals surface area (Å²) in [6.07, 6.45) is 7.61. The zero-order chi connectivity index (χ0) is 15.0. The normalized spacial score (nSPS) is 12.6. The maximum absolute atomic E-state index is 13.6. The summed E-state index contributed by atoms with van der Waals surface area (Å²) < 4.78 is 39.0. The molecule has 1 aromatic rings. The lowest BCUT2D eigenvalue weighted by atomic mass is 10.1. The molecule has 1 atom stereocenters. The lowest BCUT2D eigenvalue weighted by Crippen LogP contribution is -2.05. The highest BCUT2D eigenvalue weighted by molar-refractivity contribution is 7.85. The van der Waals surface area contributed by atoms with Gasteiger partial charge in [0.25, 0.3) is 0 Å². The SMILES string of the molecule is CCCCCCCCCS(=O)c1c(F)cc(N)cc1F. The van der Waals surface area contributed by atoms with Crippen LogP contribution in [-0.2, 0) is 10.8 Å². The standard InChI is InChI=1S/C15H23F2NOS/c1-2-3-4-5-6-7-8-9-20(19)15-13(16)10-12(18)11-14(15)17/h10-11H,2-9,18H2,1H3. The minimum Gasteiger partial charge on any atom is -0.399 e. The molecule has 0 radical (unpaired) electrons. The van der Waals surface area contributed by atoms with Crippen LogP contribution in [0.25, 0.3) is 0 Å². The van der Waals surface area contributed by atoms with E-state index in [2.05, 4.69) is 6.92 Å². The van der Waals surface area contributed by atoms with E-state index in [1.807, 2.05) is 0 Å². The Labute approximate surface area is 122 Å². The Balaban J connectivity index is 2.37. The molecule has 2 nitrogen and oxygen atoms in total. The topological polar surface area (TPSA) is 43.1 Å². The molecule has 0 heterocycles. The lowest BCUT2D eigenvalue weighted by Gasteiger charge is -2.06. The van der Waals surface area contributed by atoms with E-state index in [0.29, 0.717) is 5.75 Å². The lowest BCUT2D eigenvalue weighted by molar-refractivity contribution is 0.534. The van der Waals surface area contributed by atoms with Crippen molar-refractivity contribution in [1.82, 2.24) is 0 Å². The number of nitrogens with two attached hydrogens (primary N) is 1. The first-order chi connectivity index (χ1) is 9.56. The Morgan fingerprint density at radius 2 is 1.50 bits per heavy atom. The smallest absolute Gasteiger partial charge is 0.144 e. The molecule has 0 spiro atoms. The first-order valence-electron chi connectivity index (χ1n) is 7.19. The molecule has 0 amide bonds. The van der Waals surface area contributed by atoms with Crippen LogP contribution in [-0.4, -0.2) is 9.96 Å². The van der Waals surface area contributed by atoms with Crippen molar-refractivity contribution < 1.29 is 13.0 Å². The van der Waals surface area contributed by atoms with E-state index >= 15 is 0 Å². The van der Waals surface area contributed by atoms with Gasteiger partial charge in [-0.05, 0) is 18.6 Å². The highest BCUT2D eigenvalue weighted by Gasteiger charge is 2.16. The summed E-state index contributed by atoms with van der Waals surface area (Å²) in [7, 11) is -1.63. The molecule has 0 saturated heterocycles. The highest BCUT2D eigenvalue weighted by Crippen LogP contribution is 2.21. The van der Waals surface area contributed by atoms with Crippen LogP contribution in [0.5, 0.6) is 0 Å². The molecule has 5 heteroatoms. The summed E-state index contributed by atoms with van der Waals surface area (Å²) in [6, 6.07) is 2.03. The molecular formula is C15H23F2NOS. The number of hydrogen-bond acceptors (Lipinski definition) is 2. The Bertz CT molecular complexity index is 428. The largest absolute Gasteiger partial charge is 0.399 e. The average Bonchev–Trinajstić information content (AvgIpc) is 2.36. The van der Waals surface area contributed by atoms with Gasteiger partial charge in [-0.15, -0.1) is 0 Å². The summed E-state index contributed by atoms with van der Waals surface area (Å²) in [6.45, 7) is 2.17. The van der Waals surface area contributed by atoms with Gasteiger partial charge in [0, 0.05) is 11.4 Å². The van der Waals surface area contributed by atoms with Crippen LogP contribution in [0.15, 0.2) is 17.0 Å². The van der Waals surface area contributed by atoms with Crippen molar-refractivity contribution in [3.8, 4) is 0 Å². The van der Waals surface area contributed by atoms with Crippen molar-refractivity contribution in [3.05, 3.63) is 23.8 Å². The van der Waals surface area contributed by atoms with Crippen molar-refractivity contribution >= 4 is 16.5 Å². The van der Waals surface area contributed by atoms with Crippen molar-refractivity contribution in [2.24, 2.45) is 0 Å². The predicted octanol–water partition coefficient (Wildman–Crippen LogP) is 4.41. The summed E-state index contributed by atoms with van der Waals surface area (Å²) in [5.41, 5.74) is 5.34. The molecule has 0 aliphatic carbocycles. The van der Waals surface area contributed by atoms with Crippen molar-refractivity contribution in [2.75, 3.05) is 11.5 Å². The van der Waals surface area contributed by atoms with Crippen LogP contribution in [0.3, 0.4) is 0 Å². The highest BCUT2D eigenvalue weighted by atomic mass is 32.2. The molecular weight excluding hydrogens is 280 g/mol. The molecule has 0 aromatic heterocycles. The molecule has 1 aromatic carbocycles. The van der Waals surface area contributed by atoms with Gasteiger partial charge in [0.15, 0.2) is 0 Å². The molecule has 0 saturated carbocycles. The molecule has 114 valence electrons. The Kier molecular flexibility index (Phi) is 7.73. The zero-order valence-electron chi connectivity index (χ0n) is 12.0. The van der Waals surface area contributed by atoms with Gasteiger partial charge >= 0.3 is 0 Å². The van der Waals surface area contributed by atoms with Gasteiger partial charge < -0.3 is 5.73 Å². The molecule has 0 aliphatic heterocycles. The van der Waals surface area contributed by atoms with Crippen LogP contribution < -0.4 is 5.73 Å². The summed E-state index contributed by atoms with van der Waals surface area (Å²) in [5.74, 6) is -1.33. The third-order valence-corrected chi connectivity index (χ3v) is 4.69. The van der Waals surface area contributed by atoms with Gasteiger partial charge in [0.1, 0.15) is 16.5 Å². The van der Waals surface area contributed by atoms with E-state index in [1.54, 1.807) is 0 Å². The fraction of sp³-hybridized carbons (Fsp3) is 0.600. The number of unbranched alkanes of at least 4 members (excludes halogenated alkanes) is 6. The second-order valence-electron chi connectivity index (χ2n) is 4.98. The molecule has 0 bridgehead atoms. The zero-order valence-corrected chi connectivity index (χ0v) is 12.8. The number of hydrogen-bond donors (Lipinski definition) is 1. The first-order valence-corrected chi connectivity index (χ1v) is 8.51. The van der Waals surface area contributed by atoms with E-state index in [1.165, 1.54) is 25.7 Å². The van der Waals surface area contributed by atoms with E-state index in [9.17, 15) is 13.0 Å². The fourth-order valence-corrected chi connectivity index (χ4v) is 3.31. The third kappa shape index (κ3) is 5.57. The van der Waals surface area contributed by atoms with E-state index in [-0.39, 0.29) is 10.6 Å². The average molecular weight is 303 g/mol. The quantitative estimate of drug-likeness (QED) is 0.542. The molecule has 1 unspecified atom stereocenters. The van der Waals surface area contributed by atoms with Gasteiger partial charge in [-0.3, -0.25) is 4.21 Å². The second-order valence-corrected chi connectivity index (χ2v) is 6.49. The first kappa shape index (κ1) is 17.1. The Morgan fingerprint density at radius 3 is 2.05 bits per heavy atom. The van der Waals surface area contributed by atoms with E-state index in [4.69, 9.17) is 5.73 Å².